The highest BCUT2D eigenvalue weighted by Crippen LogP contribution is 2.22. The van der Waals surface area contributed by atoms with E-state index < -0.39 is 9.37 Å². The summed E-state index contributed by atoms with van der Waals surface area (Å²) < 4.78 is -0.902. The Morgan fingerprint density at radius 2 is 2.36 bits per heavy atom. The van der Waals surface area contributed by atoms with E-state index in [1.54, 1.807) is 0 Å². The molecule has 11 heavy (non-hydrogen) atoms. The van der Waals surface area contributed by atoms with Crippen LogP contribution in [0, 0.1) is 15.3 Å². The van der Waals surface area contributed by atoms with E-state index in [0.717, 1.165) is 0 Å². The third kappa shape index (κ3) is 1.56. The van der Waals surface area contributed by atoms with Crippen molar-refractivity contribution in [2.24, 2.45) is 0 Å². The summed E-state index contributed by atoms with van der Waals surface area (Å²) in [6, 6.07) is 0. The van der Waals surface area contributed by atoms with Gasteiger partial charge in [-0.25, -0.2) is 4.74 Å². The molecule has 0 saturated carbocycles. The van der Waals surface area contributed by atoms with Gasteiger partial charge in [0, 0.05) is 33.0 Å². The second-order valence-corrected chi connectivity index (χ2v) is 3.53. The first-order valence-corrected chi connectivity index (χ1v) is 3.64. The largest absolute Gasteiger partial charge is 0.624 e. The predicted molar refractivity (Wildman–Crippen MR) is 42.4 cm³/mol. The molecule has 0 N–H and O–H groups in total. The fraction of sp³-hybridized carbons (Fsp3) is 0.400. The molecule has 1 heterocycles. The van der Waals surface area contributed by atoms with Gasteiger partial charge in [0.15, 0.2) is 6.21 Å². The maximum absolute atomic E-state index is 10.7. The number of hydroxylamine groups is 1. The van der Waals surface area contributed by atoms with Crippen LogP contribution in [0.4, 0.5) is 0 Å². The maximum Gasteiger partial charge on any atom is 0.351 e. The first kappa shape index (κ1) is 8.19. The Bertz CT molecular complexity index is 250. The molecule has 1 atom stereocenters. The standard InChI is InChI=1S/C5H5BrN2O3/c6-5(8(10)11)2-1-3-7(9)4-5/h1-3H,4H2. The number of alkyl halides is 1. The van der Waals surface area contributed by atoms with Crippen molar-refractivity contribution < 1.29 is 9.66 Å². The summed E-state index contributed by atoms with van der Waals surface area (Å²) in [5, 5.41) is 21.0. The summed E-state index contributed by atoms with van der Waals surface area (Å²) in [5.41, 5.74) is 0. The second-order valence-electron chi connectivity index (χ2n) is 2.16. The van der Waals surface area contributed by atoms with E-state index in [9.17, 15) is 15.3 Å². The lowest BCUT2D eigenvalue weighted by Gasteiger charge is -2.15. The Kier molecular flexibility index (Phi) is 1.95. The zero-order valence-electron chi connectivity index (χ0n) is 5.44. The first-order valence-electron chi connectivity index (χ1n) is 2.84. The zero-order chi connectivity index (χ0) is 8.48. The van der Waals surface area contributed by atoms with Crippen molar-refractivity contribution in [1.29, 1.82) is 0 Å². The molecule has 1 rings (SSSR count). The van der Waals surface area contributed by atoms with Gasteiger partial charge in [-0.05, 0) is 0 Å². The van der Waals surface area contributed by atoms with E-state index >= 15 is 0 Å². The minimum absolute atomic E-state index is 0.198. The lowest BCUT2D eigenvalue weighted by atomic mass is 10.2. The van der Waals surface area contributed by atoms with Crippen LogP contribution in [0.1, 0.15) is 0 Å². The van der Waals surface area contributed by atoms with Crippen LogP contribution in [0.25, 0.3) is 0 Å². The summed E-state index contributed by atoms with van der Waals surface area (Å²) in [5.74, 6) is 0. The third-order valence-corrected chi connectivity index (χ3v) is 2.09. The highest BCUT2D eigenvalue weighted by atomic mass is 79.9. The van der Waals surface area contributed by atoms with Crippen LogP contribution in [0.3, 0.4) is 0 Å². The van der Waals surface area contributed by atoms with Crippen molar-refractivity contribution in [3.8, 4) is 0 Å². The summed E-state index contributed by atoms with van der Waals surface area (Å²) in [4.78, 5) is 9.81. The molecule has 0 bridgehead atoms. The number of nitrogens with zero attached hydrogens (tertiary/aromatic N) is 2. The number of halogens is 1. The van der Waals surface area contributed by atoms with E-state index in [4.69, 9.17) is 0 Å². The molecule has 0 aromatic rings. The molecule has 0 aliphatic carbocycles. The topological polar surface area (TPSA) is 69.2 Å². The van der Waals surface area contributed by atoms with Gasteiger partial charge < -0.3 is 5.21 Å². The summed E-state index contributed by atoms with van der Waals surface area (Å²) in [6.45, 7) is -0.198. The molecular weight excluding hydrogens is 216 g/mol. The van der Waals surface area contributed by atoms with Crippen LogP contribution in [0.2, 0.25) is 0 Å². The van der Waals surface area contributed by atoms with Gasteiger partial charge in [-0.2, -0.15) is 0 Å². The van der Waals surface area contributed by atoms with E-state index in [0.29, 0.717) is 4.74 Å². The monoisotopic (exact) mass is 220 g/mol. The smallest absolute Gasteiger partial charge is 0.351 e. The maximum atomic E-state index is 10.7. The summed E-state index contributed by atoms with van der Waals surface area (Å²) in [6.07, 6.45) is 3.93. The van der Waals surface area contributed by atoms with E-state index in [1.165, 1.54) is 18.4 Å². The van der Waals surface area contributed by atoms with Gasteiger partial charge in [0.05, 0.1) is 0 Å². The van der Waals surface area contributed by atoms with Crippen LogP contribution in [-0.4, -0.2) is 26.9 Å². The van der Waals surface area contributed by atoms with E-state index in [1.807, 2.05) is 0 Å². The zero-order valence-corrected chi connectivity index (χ0v) is 7.02. The quantitative estimate of drug-likeness (QED) is 0.162. The van der Waals surface area contributed by atoms with Crippen LogP contribution in [0.15, 0.2) is 12.2 Å². The van der Waals surface area contributed by atoms with Crippen LogP contribution >= 0.6 is 15.9 Å². The van der Waals surface area contributed by atoms with Gasteiger partial charge >= 0.3 is 4.45 Å². The van der Waals surface area contributed by atoms with Gasteiger partial charge in [0.2, 0.25) is 6.54 Å². The molecule has 0 radical (unpaired) electrons. The molecule has 1 unspecified atom stereocenters. The van der Waals surface area contributed by atoms with Gasteiger partial charge in [0.25, 0.3) is 0 Å². The number of nitro groups is 1. The minimum Gasteiger partial charge on any atom is -0.624 e. The highest BCUT2D eigenvalue weighted by molar-refractivity contribution is 9.10. The molecule has 0 spiro atoms. The van der Waals surface area contributed by atoms with Gasteiger partial charge in [-0.15, -0.1) is 0 Å². The Morgan fingerprint density at radius 1 is 1.73 bits per heavy atom. The molecule has 5 nitrogen and oxygen atoms in total. The minimum atomic E-state index is -1.41. The van der Waals surface area contributed by atoms with E-state index in [2.05, 4.69) is 15.9 Å². The number of hydrogen-bond donors (Lipinski definition) is 0. The molecule has 0 fully saturated rings. The fourth-order valence-corrected chi connectivity index (χ4v) is 1.13. The van der Waals surface area contributed by atoms with Crippen molar-refractivity contribution in [3.63, 3.8) is 0 Å². The van der Waals surface area contributed by atoms with E-state index in [-0.39, 0.29) is 6.54 Å². The van der Waals surface area contributed by atoms with Crippen LogP contribution in [0.5, 0.6) is 0 Å². The molecule has 0 saturated heterocycles. The highest BCUT2D eigenvalue weighted by Gasteiger charge is 2.42. The lowest BCUT2D eigenvalue weighted by molar-refractivity contribution is -0.580. The molecule has 0 amide bonds. The molecule has 1 aliphatic rings. The third-order valence-electron chi connectivity index (χ3n) is 1.29. The Labute approximate surface area is 70.9 Å². The van der Waals surface area contributed by atoms with Crippen molar-refractivity contribution in [3.05, 3.63) is 27.5 Å². The molecule has 0 aromatic carbocycles. The van der Waals surface area contributed by atoms with Gasteiger partial charge in [0.1, 0.15) is 0 Å². The fourth-order valence-electron chi connectivity index (χ4n) is 0.729. The first-order chi connectivity index (χ1) is 5.04. The predicted octanol–water partition coefficient (Wildman–Crippen LogP) is 0.505. The number of allylic oxidation sites excluding steroid dienone is 1. The van der Waals surface area contributed by atoms with Gasteiger partial charge in [-0.3, -0.25) is 10.1 Å². The molecular formula is C5H5BrN2O3. The number of rotatable bonds is 1. The van der Waals surface area contributed by atoms with Crippen molar-refractivity contribution in [2.45, 2.75) is 4.45 Å². The normalized spacial score (nSPS) is 29.7. The SMILES string of the molecule is O=[N+]([O-])C1(Br)C=CC=[N+]([O-])C1. The van der Waals surface area contributed by atoms with Crippen molar-refractivity contribution >= 4 is 22.1 Å². The lowest BCUT2D eigenvalue weighted by Crippen LogP contribution is -2.39. The van der Waals surface area contributed by atoms with Gasteiger partial charge in [-0.1, -0.05) is 0 Å². The molecule has 1 aliphatic heterocycles. The Morgan fingerprint density at radius 3 is 2.73 bits per heavy atom. The molecule has 0 aromatic heterocycles. The van der Waals surface area contributed by atoms with Crippen molar-refractivity contribution in [2.75, 3.05) is 6.54 Å². The Hall–Kier alpha value is -0.910. The number of hydrogen-bond acceptors (Lipinski definition) is 3. The summed E-state index contributed by atoms with van der Waals surface area (Å²) >= 11 is 2.85. The van der Waals surface area contributed by atoms with Crippen molar-refractivity contribution in [1.82, 2.24) is 0 Å². The van der Waals surface area contributed by atoms with Crippen LogP contribution in [-0.2, 0) is 0 Å². The average molecular weight is 221 g/mol. The van der Waals surface area contributed by atoms with Crippen LogP contribution < -0.4 is 0 Å². The molecule has 6 heteroatoms. The Balaban J connectivity index is 2.86. The second kappa shape index (κ2) is 2.61. The molecule has 60 valence electrons. The average Bonchev–Trinajstić information content (AvgIpc) is 1.86. The summed E-state index contributed by atoms with van der Waals surface area (Å²) in [7, 11) is 0.